The minimum Gasteiger partial charge on any atom is -0.455 e. The van der Waals surface area contributed by atoms with E-state index in [9.17, 15) is 4.79 Å². The number of hydrogen-bond acceptors (Lipinski definition) is 6. The fourth-order valence-electron chi connectivity index (χ4n) is 3.65. The number of aromatic nitrogens is 3. The fraction of sp³-hybridized carbons (Fsp3) is 0.136. The molecule has 2 aromatic heterocycles. The van der Waals surface area contributed by atoms with Crippen LogP contribution in [0, 0.1) is 0 Å². The van der Waals surface area contributed by atoms with E-state index in [1.807, 2.05) is 24.4 Å². The number of benzene rings is 2. The maximum Gasteiger partial charge on any atom is 0.268 e. The van der Waals surface area contributed by atoms with Crippen molar-refractivity contribution in [2.45, 2.75) is 6.61 Å². The van der Waals surface area contributed by atoms with Gasteiger partial charge in [0.15, 0.2) is 6.73 Å². The molecule has 0 saturated carbocycles. The van der Waals surface area contributed by atoms with Gasteiger partial charge in [-0.05, 0) is 35.9 Å². The molecule has 4 aromatic rings. The molecule has 1 aliphatic rings. The Kier molecular flexibility index (Phi) is 5.34. The number of methoxy groups -OCH3 is 1. The molecule has 0 unspecified atom stereocenters. The Morgan fingerprint density at radius 2 is 2.06 bits per heavy atom. The number of para-hydroxylation sites is 1. The smallest absolute Gasteiger partial charge is 0.268 e. The summed E-state index contributed by atoms with van der Waals surface area (Å²) in [5.41, 5.74) is 3.36. The zero-order chi connectivity index (χ0) is 22.2. The molecule has 0 atom stereocenters. The number of carbonyl (C=O) groups excluding carboxylic acids is 1. The second-order valence-corrected chi connectivity index (χ2v) is 7.94. The minimum atomic E-state index is -0.344. The van der Waals surface area contributed by atoms with Gasteiger partial charge in [-0.2, -0.15) is 4.98 Å². The summed E-state index contributed by atoms with van der Waals surface area (Å²) >= 11 is 12.5. The monoisotopic (exact) mass is 469 g/mol. The maximum absolute atomic E-state index is 13.0. The van der Waals surface area contributed by atoms with Crippen LogP contribution in [0.2, 0.25) is 10.0 Å². The Hall–Kier alpha value is -3.33. The van der Waals surface area contributed by atoms with Gasteiger partial charge in [0.2, 0.25) is 11.8 Å². The average Bonchev–Trinajstić information content (AvgIpc) is 3.24. The van der Waals surface area contributed by atoms with Crippen LogP contribution in [0.4, 0.5) is 17.3 Å². The summed E-state index contributed by atoms with van der Waals surface area (Å²) in [5, 5.41) is 4.95. The first-order chi connectivity index (χ1) is 15.5. The van der Waals surface area contributed by atoms with E-state index in [0.717, 1.165) is 22.2 Å². The summed E-state index contributed by atoms with van der Waals surface area (Å²) in [4.78, 5) is 26.3. The van der Waals surface area contributed by atoms with Gasteiger partial charge in [-0.15, -0.1) is 0 Å². The van der Waals surface area contributed by atoms with Crippen LogP contribution in [-0.2, 0) is 11.3 Å². The van der Waals surface area contributed by atoms with Crippen LogP contribution in [0.25, 0.3) is 10.9 Å². The Bertz CT molecular complexity index is 1320. The standard InChI is InChI=1S/C22H17Cl2N5O3/c1-31-10-12-7-13(8-18-14(12)5-6-25-18)27-22-26-9-15-20(28-22)32-11-29(21(15)30)19-16(23)3-2-4-17(19)24/h2-9,25H,10-11H2,1H3,(H,26,27,28). The number of amides is 1. The SMILES string of the molecule is COCc1cc(Nc2ncc3c(n2)OCN(c2c(Cl)cccc2Cl)C3=O)cc2[nH]ccc12. The van der Waals surface area contributed by atoms with E-state index in [2.05, 4.69) is 20.3 Å². The van der Waals surface area contributed by atoms with E-state index >= 15 is 0 Å². The number of H-pyrrole nitrogens is 1. The van der Waals surface area contributed by atoms with Crippen molar-refractivity contribution in [3.05, 3.63) is 70.0 Å². The molecule has 2 N–H and O–H groups in total. The third-order valence-corrected chi connectivity index (χ3v) is 5.69. The summed E-state index contributed by atoms with van der Waals surface area (Å²) < 4.78 is 11.0. The molecule has 5 rings (SSSR count). The molecule has 0 spiro atoms. The third kappa shape index (κ3) is 3.62. The largest absolute Gasteiger partial charge is 0.455 e. The van der Waals surface area contributed by atoms with Crippen molar-refractivity contribution in [3.63, 3.8) is 0 Å². The number of rotatable bonds is 5. The van der Waals surface area contributed by atoms with Gasteiger partial charge in [-0.1, -0.05) is 29.3 Å². The van der Waals surface area contributed by atoms with Crippen molar-refractivity contribution in [2.24, 2.45) is 0 Å². The predicted molar refractivity (Wildman–Crippen MR) is 123 cm³/mol. The van der Waals surface area contributed by atoms with Gasteiger partial charge in [0.1, 0.15) is 5.56 Å². The number of hydrogen-bond donors (Lipinski definition) is 2. The van der Waals surface area contributed by atoms with Crippen LogP contribution >= 0.6 is 23.2 Å². The van der Waals surface area contributed by atoms with Crippen LogP contribution in [0.5, 0.6) is 5.88 Å². The van der Waals surface area contributed by atoms with Crippen LogP contribution < -0.4 is 15.0 Å². The number of fused-ring (bicyclic) bond motifs is 2. The highest BCUT2D eigenvalue weighted by molar-refractivity contribution is 6.40. The molecule has 0 aliphatic carbocycles. The van der Waals surface area contributed by atoms with E-state index in [4.69, 9.17) is 32.7 Å². The summed E-state index contributed by atoms with van der Waals surface area (Å²) in [6.07, 6.45) is 3.30. The number of aromatic amines is 1. The molecule has 8 nitrogen and oxygen atoms in total. The van der Waals surface area contributed by atoms with Crippen molar-refractivity contribution < 1.29 is 14.3 Å². The van der Waals surface area contributed by atoms with Gasteiger partial charge in [-0.25, -0.2) is 4.98 Å². The van der Waals surface area contributed by atoms with Crippen LogP contribution in [0.3, 0.4) is 0 Å². The maximum atomic E-state index is 13.0. The van der Waals surface area contributed by atoms with E-state index in [0.29, 0.717) is 28.3 Å². The van der Waals surface area contributed by atoms with E-state index in [-0.39, 0.29) is 24.1 Å². The molecule has 162 valence electrons. The lowest BCUT2D eigenvalue weighted by Crippen LogP contribution is -2.39. The van der Waals surface area contributed by atoms with E-state index in [1.165, 1.54) is 11.1 Å². The summed E-state index contributed by atoms with van der Waals surface area (Å²) in [7, 11) is 1.65. The highest BCUT2D eigenvalue weighted by Gasteiger charge is 2.31. The Balaban J connectivity index is 1.43. The minimum absolute atomic E-state index is 0.0713. The van der Waals surface area contributed by atoms with Gasteiger partial charge < -0.3 is 19.8 Å². The second-order valence-electron chi connectivity index (χ2n) is 7.12. The molecule has 2 aromatic carbocycles. The Morgan fingerprint density at radius 3 is 2.84 bits per heavy atom. The zero-order valence-corrected chi connectivity index (χ0v) is 18.4. The second kappa shape index (κ2) is 8.31. The highest BCUT2D eigenvalue weighted by Crippen LogP contribution is 2.37. The lowest BCUT2D eigenvalue weighted by atomic mass is 10.1. The molecule has 0 fully saturated rings. The normalized spacial score (nSPS) is 13.2. The first-order valence-electron chi connectivity index (χ1n) is 9.67. The van der Waals surface area contributed by atoms with E-state index < -0.39 is 0 Å². The summed E-state index contributed by atoms with van der Waals surface area (Å²) in [5.74, 6) is 0.142. The number of anilines is 3. The van der Waals surface area contributed by atoms with Gasteiger partial charge >= 0.3 is 0 Å². The van der Waals surface area contributed by atoms with Crippen LogP contribution in [0.15, 0.2) is 48.8 Å². The zero-order valence-electron chi connectivity index (χ0n) is 16.9. The van der Waals surface area contributed by atoms with Crippen LogP contribution in [-0.4, -0.2) is 34.7 Å². The molecule has 10 heteroatoms. The van der Waals surface area contributed by atoms with Crippen molar-refractivity contribution in [1.82, 2.24) is 15.0 Å². The van der Waals surface area contributed by atoms with Crippen molar-refractivity contribution in [2.75, 3.05) is 24.1 Å². The molecular weight excluding hydrogens is 453 g/mol. The molecule has 0 bridgehead atoms. The predicted octanol–water partition coefficient (Wildman–Crippen LogP) is 5.15. The molecule has 0 radical (unpaired) electrons. The first-order valence-corrected chi connectivity index (χ1v) is 10.4. The Labute approximate surface area is 193 Å². The number of carbonyl (C=O) groups is 1. The lowest BCUT2D eigenvalue weighted by Gasteiger charge is -2.29. The van der Waals surface area contributed by atoms with Gasteiger partial charge in [0, 0.05) is 36.1 Å². The first kappa shape index (κ1) is 20.6. The summed E-state index contributed by atoms with van der Waals surface area (Å²) in [6, 6.07) is 10.9. The molecule has 0 saturated heterocycles. The molecular formula is C22H17Cl2N5O3. The highest BCUT2D eigenvalue weighted by atomic mass is 35.5. The quantitative estimate of drug-likeness (QED) is 0.419. The number of ether oxygens (including phenoxy) is 2. The number of halogens is 2. The van der Waals surface area contributed by atoms with Gasteiger partial charge in [-0.3, -0.25) is 9.69 Å². The van der Waals surface area contributed by atoms with Gasteiger partial charge in [0.25, 0.3) is 5.91 Å². The number of nitrogens with zero attached hydrogens (tertiary/aromatic N) is 3. The number of nitrogens with one attached hydrogen (secondary N) is 2. The third-order valence-electron chi connectivity index (χ3n) is 5.08. The molecule has 1 amide bonds. The molecule has 32 heavy (non-hydrogen) atoms. The molecule has 3 heterocycles. The topological polar surface area (TPSA) is 92.4 Å². The Morgan fingerprint density at radius 1 is 1.25 bits per heavy atom. The van der Waals surface area contributed by atoms with E-state index in [1.54, 1.807) is 25.3 Å². The van der Waals surface area contributed by atoms with Gasteiger partial charge in [0.05, 0.1) is 22.3 Å². The van der Waals surface area contributed by atoms with Crippen molar-refractivity contribution in [3.8, 4) is 5.88 Å². The summed E-state index contributed by atoms with van der Waals surface area (Å²) in [6.45, 7) is 0.394. The fourth-order valence-corrected chi connectivity index (χ4v) is 4.25. The molecule has 1 aliphatic heterocycles. The van der Waals surface area contributed by atoms with Crippen molar-refractivity contribution >= 4 is 57.3 Å². The van der Waals surface area contributed by atoms with Crippen LogP contribution in [0.1, 0.15) is 15.9 Å². The lowest BCUT2D eigenvalue weighted by molar-refractivity contribution is 0.0932. The average molecular weight is 470 g/mol. The van der Waals surface area contributed by atoms with Crippen molar-refractivity contribution in [1.29, 1.82) is 0 Å².